The highest BCUT2D eigenvalue weighted by molar-refractivity contribution is 5.66. The normalized spacial score (nSPS) is 23.3. The summed E-state index contributed by atoms with van der Waals surface area (Å²) in [5, 5.41) is 29.5. The number of carboxylic acids is 1. The highest BCUT2D eigenvalue weighted by Crippen LogP contribution is 2.42. The zero-order valence-electron chi connectivity index (χ0n) is 17.1. The van der Waals surface area contributed by atoms with Crippen LogP contribution < -0.4 is 0 Å². The zero-order chi connectivity index (χ0) is 20.4. The van der Waals surface area contributed by atoms with Crippen LogP contribution in [0, 0.1) is 5.92 Å². The van der Waals surface area contributed by atoms with Gasteiger partial charge in [-0.3, -0.25) is 4.79 Å². The van der Waals surface area contributed by atoms with Gasteiger partial charge in [-0.2, -0.15) is 0 Å². The first-order chi connectivity index (χ1) is 13.5. The first kappa shape index (κ1) is 22.6. The molecule has 3 N–H and O–H groups in total. The van der Waals surface area contributed by atoms with E-state index in [4.69, 9.17) is 5.11 Å². The molecule has 28 heavy (non-hydrogen) atoms. The van der Waals surface area contributed by atoms with Crippen molar-refractivity contribution in [1.82, 2.24) is 0 Å². The van der Waals surface area contributed by atoms with Gasteiger partial charge in [0.25, 0.3) is 0 Å². The fourth-order valence-electron chi connectivity index (χ4n) is 4.27. The number of unbranched alkanes of at least 4 members (excludes halogenated alkanes) is 3. The van der Waals surface area contributed by atoms with Crippen LogP contribution in [-0.4, -0.2) is 27.4 Å². The molecule has 0 heterocycles. The first-order valence-corrected chi connectivity index (χ1v) is 10.9. The Bertz CT molecular complexity index is 608. The van der Waals surface area contributed by atoms with Crippen molar-refractivity contribution in [2.45, 2.75) is 89.3 Å². The molecule has 1 aromatic rings. The Morgan fingerprint density at radius 2 is 1.89 bits per heavy atom. The summed E-state index contributed by atoms with van der Waals surface area (Å²) in [5.74, 6) is -0.202. The molecule has 4 heteroatoms. The van der Waals surface area contributed by atoms with Crippen molar-refractivity contribution in [2.24, 2.45) is 5.92 Å². The largest absolute Gasteiger partial charge is 0.481 e. The second kappa shape index (κ2) is 12.0. The molecule has 156 valence electrons. The van der Waals surface area contributed by atoms with Crippen LogP contribution in [0.15, 0.2) is 36.4 Å². The molecule has 3 unspecified atom stereocenters. The van der Waals surface area contributed by atoms with Gasteiger partial charge < -0.3 is 15.3 Å². The lowest BCUT2D eigenvalue weighted by molar-refractivity contribution is -0.137. The smallest absolute Gasteiger partial charge is 0.303 e. The summed E-state index contributed by atoms with van der Waals surface area (Å²) in [6.07, 6.45) is 12.1. The molecule has 0 aromatic heterocycles. The maximum atomic E-state index is 10.5. The number of hydrogen-bond donors (Lipinski definition) is 3. The second-order valence-corrected chi connectivity index (χ2v) is 8.10. The summed E-state index contributed by atoms with van der Waals surface area (Å²) in [6, 6.07) is 8.16. The predicted molar refractivity (Wildman–Crippen MR) is 112 cm³/mol. The predicted octanol–water partition coefficient (Wildman–Crippen LogP) is 5.36. The quantitative estimate of drug-likeness (QED) is 0.333. The number of rotatable bonds is 12. The molecule has 0 amide bonds. The van der Waals surface area contributed by atoms with Gasteiger partial charge in [-0.1, -0.05) is 62.6 Å². The van der Waals surface area contributed by atoms with Crippen molar-refractivity contribution in [3.63, 3.8) is 0 Å². The maximum Gasteiger partial charge on any atom is 0.303 e. The van der Waals surface area contributed by atoms with E-state index in [2.05, 4.69) is 31.2 Å². The SMILES string of the molecule is CCCCCC(O)c1ccc(C2C(O)CC[C@@H]2C/C=C\CCCC(=O)O)cc1. The number of carboxylic acid groups (broad SMARTS) is 1. The lowest BCUT2D eigenvalue weighted by atomic mass is 9.85. The third-order valence-electron chi connectivity index (χ3n) is 5.91. The third-order valence-corrected chi connectivity index (χ3v) is 5.91. The van der Waals surface area contributed by atoms with Gasteiger partial charge >= 0.3 is 5.97 Å². The van der Waals surface area contributed by atoms with Gasteiger partial charge in [-0.15, -0.1) is 0 Å². The molecule has 1 aliphatic carbocycles. The summed E-state index contributed by atoms with van der Waals surface area (Å²) in [7, 11) is 0. The van der Waals surface area contributed by atoms with Crippen LogP contribution >= 0.6 is 0 Å². The van der Waals surface area contributed by atoms with Crippen LogP contribution in [0.1, 0.15) is 94.3 Å². The molecular weight excluding hydrogens is 352 g/mol. The van der Waals surface area contributed by atoms with Crippen LogP contribution in [0.2, 0.25) is 0 Å². The summed E-state index contributed by atoms with van der Waals surface area (Å²) < 4.78 is 0. The molecule has 0 spiro atoms. The minimum Gasteiger partial charge on any atom is -0.481 e. The highest BCUT2D eigenvalue weighted by Gasteiger charge is 2.35. The molecule has 1 saturated carbocycles. The minimum atomic E-state index is -0.744. The molecule has 4 nitrogen and oxygen atoms in total. The van der Waals surface area contributed by atoms with E-state index in [0.29, 0.717) is 12.3 Å². The van der Waals surface area contributed by atoms with Gasteiger partial charge in [0.2, 0.25) is 0 Å². The topological polar surface area (TPSA) is 77.8 Å². The molecule has 0 bridgehead atoms. The van der Waals surface area contributed by atoms with E-state index >= 15 is 0 Å². The summed E-state index contributed by atoms with van der Waals surface area (Å²) in [6.45, 7) is 2.16. The Morgan fingerprint density at radius 1 is 1.14 bits per heavy atom. The fraction of sp³-hybridized carbons (Fsp3) is 0.625. The van der Waals surface area contributed by atoms with Crippen LogP contribution in [0.3, 0.4) is 0 Å². The van der Waals surface area contributed by atoms with Gasteiger partial charge in [0.1, 0.15) is 0 Å². The molecular formula is C24H36O4. The Hall–Kier alpha value is -1.65. The molecule has 1 aliphatic rings. The van der Waals surface area contributed by atoms with Crippen molar-refractivity contribution >= 4 is 5.97 Å². The van der Waals surface area contributed by atoms with Crippen molar-refractivity contribution in [1.29, 1.82) is 0 Å². The average molecular weight is 389 g/mol. The summed E-state index contributed by atoms with van der Waals surface area (Å²) in [5.41, 5.74) is 2.11. The van der Waals surface area contributed by atoms with Gasteiger partial charge in [-0.05, 0) is 55.6 Å². The Balaban J connectivity index is 1.90. The number of benzene rings is 1. The average Bonchev–Trinajstić information content (AvgIpc) is 3.05. The van der Waals surface area contributed by atoms with E-state index in [9.17, 15) is 15.0 Å². The molecule has 1 aromatic carbocycles. The van der Waals surface area contributed by atoms with Crippen molar-refractivity contribution in [2.75, 3.05) is 0 Å². The molecule has 2 rings (SSSR count). The Labute approximate surface area is 169 Å². The highest BCUT2D eigenvalue weighted by atomic mass is 16.4. The molecule has 1 fully saturated rings. The van der Waals surface area contributed by atoms with Gasteiger partial charge in [0, 0.05) is 12.3 Å². The van der Waals surface area contributed by atoms with E-state index in [0.717, 1.165) is 62.5 Å². The van der Waals surface area contributed by atoms with E-state index in [-0.39, 0.29) is 18.4 Å². The summed E-state index contributed by atoms with van der Waals surface area (Å²) in [4.78, 5) is 10.5. The van der Waals surface area contributed by atoms with E-state index < -0.39 is 12.1 Å². The number of aliphatic hydroxyl groups excluding tert-OH is 2. The van der Waals surface area contributed by atoms with Crippen LogP contribution in [0.4, 0.5) is 0 Å². The van der Waals surface area contributed by atoms with Gasteiger partial charge in [0.05, 0.1) is 12.2 Å². The van der Waals surface area contributed by atoms with Gasteiger partial charge in [-0.25, -0.2) is 0 Å². The van der Waals surface area contributed by atoms with Crippen LogP contribution in [-0.2, 0) is 4.79 Å². The number of allylic oxidation sites excluding steroid dienone is 2. The molecule has 0 saturated heterocycles. The molecule has 0 aliphatic heterocycles. The Morgan fingerprint density at radius 3 is 2.57 bits per heavy atom. The third kappa shape index (κ3) is 7.06. The number of aliphatic hydroxyl groups is 2. The number of hydrogen-bond acceptors (Lipinski definition) is 3. The van der Waals surface area contributed by atoms with Crippen LogP contribution in [0.25, 0.3) is 0 Å². The minimum absolute atomic E-state index is 0.134. The van der Waals surface area contributed by atoms with E-state index in [1.165, 1.54) is 0 Å². The van der Waals surface area contributed by atoms with Crippen LogP contribution in [0.5, 0.6) is 0 Å². The fourth-order valence-corrected chi connectivity index (χ4v) is 4.27. The van der Waals surface area contributed by atoms with E-state index in [1.54, 1.807) is 0 Å². The van der Waals surface area contributed by atoms with E-state index in [1.807, 2.05) is 12.1 Å². The maximum absolute atomic E-state index is 10.5. The second-order valence-electron chi connectivity index (χ2n) is 8.10. The molecule has 4 atom stereocenters. The van der Waals surface area contributed by atoms with Gasteiger partial charge in [0.15, 0.2) is 0 Å². The van der Waals surface area contributed by atoms with Crippen molar-refractivity contribution in [3.05, 3.63) is 47.5 Å². The first-order valence-electron chi connectivity index (χ1n) is 10.9. The van der Waals surface area contributed by atoms with Crippen molar-refractivity contribution < 1.29 is 20.1 Å². The molecule has 0 radical (unpaired) electrons. The number of carbonyl (C=O) groups is 1. The Kier molecular flexibility index (Phi) is 9.72. The summed E-state index contributed by atoms with van der Waals surface area (Å²) >= 11 is 0. The standard InChI is InChI=1S/C24H36O4/c1-2-3-6-10-21(25)18-12-14-20(15-13-18)24-19(16-17-22(24)26)9-7-4-5-8-11-23(27)28/h4,7,12-15,19,21-22,24-26H,2-3,5-6,8-11,16-17H2,1H3,(H,27,28)/b7-4-/t19-,21?,22?,24?/m0/s1. The number of aliphatic carboxylic acids is 1. The lowest BCUT2D eigenvalue weighted by Crippen LogP contribution is -2.17. The lowest BCUT2D eigenvalue weighted by Gasteiger charge is -2.22. The van der Waals surface area contributed by atoms with Crippen molar-refractivity contribution in [3.8, 4) is 0 Å². The zero-order valence-corrected chi connectivity index (χ0v) is 17.1. The monoisotopic (exact) mass is 388 g/mol.